The molecule has 0 radical (unpaired) electrons. The number of rotatable bonds is 8. The Morgan fingerprint density at radius 2 is 1.11 bits per heavy atom. The average Bonchev–Trinajstić information content (AvgIpc) is 2.91. The fourth-order valence-electron chi connectivity index (χ4n) is 3.68. The monoisotopic (exact) mass is 368 g/mol. The molecule has 0 aliphatic carbocycles. The smallest absolute Gasteiger partial charge is 0.123 e. The van der Waals surface area contributed by atoms with E-state index in [-0.39, 0.29) is 0 Å². The molecule has 4 nitrogen and oxygen atoms in total. The summed E-state index contributed by atoms with van der Waals surface area (Å²) in [5.74, 6) is 2.04. The molecule has 1 aliphatic rings. The van der Waals surface area contributed by atoms with E-state index in [0.717, 1.165) is 50.8 Å². The SMILES string of the molecule is CCOc1ccccc1CN1CCCN(Cc2ccccc2OCC)CC1. The second-order valence-electron chi connectivity index (χ2n) is 6.99. The van der Waals surface area contributed by atoms with Gasteiger partial charge in [-0.2, -0.15) is 0 Å². The maximum Gasteiger partial charge on any atom is 0.123 e. The molecular weight excluding hydrogens is 336 g/mol. The van der Waals surface area contributed by atoms with Crippen molar-refractivity contribution in [3.8, 4) is 11.5 Å². The minimum Gasteiger partial charge on any atom is -0.494 e. The van der Waals surface area contributed by atoms with Crippen LogP contribution in [-0.2, 0) is 13.1 Å². The van der Waals surface area contributed by atoms with Gasteiger partial charge in [-0.25, -0.2) is 0 Å². The average molecular weight is 369 g/mol. The van der Waals surface area contributed by atoms with Gasteiger partial charge in [0.1, 0.15) is 11.5 Å². The van der Waals surface area contributed by atoms with Crippen LogP contribution < -0.4 is 9.47 Å². The zero-order chi connectivity index (χ0) is 18.9. The molecule has 0 aromatic heterocycles. The van der Waals surface area contributed by atoms with Gasteiger partial charge in [-0.1, -0.05) is 36.4 Å². The third-order valence-corrected chi connectivity index (χ3v) is 5.01. The number of nitrogens with zero attached hydrogens (tertiary/aromatic N) is 2. The van der Waals surface area contributed by atoms with Crippen molar-refractivity contribution in [1.82, 2.24) is 9.80 Å². The van der Waals surface area contributed by atoms with Gasteiger partial charge in [0.05, 0.1) is 13.2 Å². The lowest BCUT2D eigenvalue weighted by atomic mass is 10.2. The topological polar surface area (TPSA) is 24.9 Å². The Morgan fingerprint density at radius 3 is 1.56 bits per heavy atom. The minimum absolute atomic E-state index is 0.712. The minimum atomic E-state index is 0.712. The van der Waals surface area contributed by atoms with Crippen LogP contribution in [0.2, 0.25) is 0 Å². The predicted molar refractivity (Wildman–Crippen MR) is 110 cm³/mol. The highest BCUT2D eigenvalue weighted by atomic mass is 16.5. The fraction of sp³-hybridized carbons (Fsp3) is 0.478. The Kier molecular flexibility index (Phi) is 7.55. The van der Waals surface area contributed by atoms with Gasteiger partial charge in [-0.3, -0.25) is 9.80 Å². The molecule has 0 amide bonds. The number of hydrogen-bond acceptors (Lipinski definition) is 4. The molecular formula is C23H32N2O2. The largest absolute Gasteiger partial charge is 0.494 e. The normalized spacial score (nSPS) is 16.1. The Hall–Kier alpha value is -2.04. The zero-order valence-electron chi connectivity index (χ0n) is 16.7. The van der Waals surface area contributed by atoms with Crippen LogP contribution in [0.1, 0.15) is 31.4 Å². The number of para-hydroxylation sites is 2. The predicted octanol–water partition coefficient (Wildman–Crippen LogP) is 4.19. The number of hydrogen-bond donors (Lipinski definition) is 0. The van der Waals surface area contributed by atoms with E-state index in [1.165, 1.54) is 17.5 Å². The molecule has 2 aromatic carbocycles. The summed E-state index contributed by atoms with van der Waals surface area (Å²) in [6.07, 6.45) is 1.19. The summed E-state index contributed by atoms with van der Waals surface area (Å²) in [4.78, 5) is 5.10. The zero-order valence-corrected chi connectivity index (χ0v) is 16.7. The van der Waals surface area contributed by atoms with E-state index in [1.54, 1.807) is 0 Å². The van der Waals surface area contributed by atoms with E-state index in [9.17, 15) is 0 Å². The van der Waals surface area contributed by atoms with E-state index in [0.29, 0.717) is 13.2 Å². The molecule has 1 heterocycles. The van der Waals surface area contributed by atoms with Gasteiger partial charge in [0.2, 0.25) is 0 Å². The van der Waals surface area contributed by atoms with Crippen LogP contribution in [-0.4, -0.2) is 49.2 Å². The van der Waals surface area contributed by atoms with Crippen molar-refractivity contribution >= 4 is 0 Å². The molecule has 1 aliphatic heterocycles. The van der Waals surface area contributed by atoms with Crippen molar-refractivity contribution in [3.05, 3.63) is 59.7 Å². The van der Waals surface area contributed by atoms with Crippen molar-refractivity contribution in [2.45, 2.75) is 33.4 Å². The molecule has 146 valence electrons. The van der Waals surface area contributed by atoms with E-state index in [2.05, 4.69) is 58.3 Å². The lowest BCUT2D eigenvalue weighted by Gasteiger charge is -2.23. The van der Waals surface area contributed by atoms with E-state index >= 15 is 0 Å². The molecule has 0 saturated carbocycles. The molecule has 3 rings (SSSR count). The second-order valence-corrected chi connectivity index (χ2v) is 6.99. The summed E-state index contributed by atoms with van der Waals surface area (Å²) in [7, 11) is 0. The molecule has 2 aromatic rings. The van der Waals surface area contributed by atoms with E-state index in [1.807, 2.05) is 13.8 Å². The highest BCUT2D eigenvalue weighted by Crippen LogP contribution is 2.22. The molecule has 1 saturated heterocycles. The molecule has 0 N–H and O–H groups in total. The summed E-state index contributed by atoms with van der Waals surface area (Å²) in [5, 5.41) is 0. The molecule has 0 unspecified atom stereocenters. The van der Waals surface area contributed by atoms with Crippen LogP contribution in [0.3, 0.4) is 0 Å². The van der Waals surface area contributed by atoms with Crippen LogP contribution in [0.4, 0.5) is 0 Å². The third kappa shape index (κ3) is 5.72. The molecule has 27 heavy (non-hydrogen) atoms. The van der Waals surface area contributed by atoms with Gasteiger partial charge >= 0.3 is 0 Å². The first kappa shape index (κ1) is 19.7. The molecule has 1 fully saturated rings. The van der Waals surface area contributed by atoms with Gasteiger partial charge in [0.25, 0.3) is 0 Å². The Balaban J connectivity index is 1.58. The standard InChI is InChI=1S/C23H32N2O2/c1-3-26-22-12-7-5-10-20(22)18-24-14-9-15-25(17-16-24)19-21-11-6-8-13-23(21)27-4-2/h5-8,10-13H,3-4,9,14-19H2,1-2H3. The lowest BCUT2D eigenvalue weighted by molar-refractivity contribution is 0.240. The van der Waals surface area contributed by atoms with Crippen LogP contribution in [0, 0.1) is 0 Å². The van der Waals surface area contributed by atoms with Gasteiger partial charge in [0, 0.05) is 37.3 Å². The fourth-order valence-corrected chi connectivity index (χ4v) is 3.68. The van der Waals surface area contributed by atoms with Gasteiger partial charge < -0.3 is 9.47 Å². The molecule has 0 atom stereocenters. The molecule has 0 bridgehead atoms. The Morgan fingerprint density at radius 1 is 0.667 bits per heavy atom. The van der Waals surface area contributed by atoms with Crippen LogP contribution in [0.25, 0.3) is 0 Å². The van der Waals surface area contributed by atoms with Gasteiger partial charge in [-0.15, -0.1) is 0 Å². The summed E-state index contributed by atoms with van der Waals surface area (Å²) >= 11 is 0. The molecule has 0 spiro atoms. The van der Waals surface area contributed by atoms with Crippen molar-refractivity contribution < 1.29 is 9.47 Å². The maximum atomic E-state index is 5.80. The van der Waals surface area contributed by atoms with Gasteiger partial charge in [0.15, 0.2) is 0 Å². The van der Waals surface area contributed by atoms with Crippen LogP contribution in [0.15, 0.2) is 48.5 Å². The summed E-state index contributed by atoms with van der Waals surface area (Å²) in [6, 6.07) is 16.8. The van der Waals surface area contributed by atoms with Crippen molar-refractivity contribution in [3.63, 3.8) is 0 Å². The Labute approximate surface area is 163 Å². The summed E-state index contributed by atoms with van der Waals surface area (Å²) in [5.41, 5.74) is 2.57. The van der Waals surface area contributed by atoms with Gasteiger partial charge in [-0.05, 0) is 45.5 Å². The van der Waals surface area contributed by atoms with Crippen molar-refractivity contribution in [1.29, 1.82) is 0 Å². The summed E-state index contributed by atoms with van der Waals surface area (Å²) in [6.45, 7) is 11.8. The number of benzene rings is 2. The first-order chi connectivity index (χ1) is 13.3. The van der Waals surface area contributed by atoms with E-state index in [4.69, 9.17) is 9.47 Å². The molecule has 4 heteroatoms. The second kappa shape index (κ2) is 10.3. The van der Waals surface area contributed by atoms with Crippen molar-refractivity contribution in [2.24, 2.45) is 0 Å². The Bertz CT molecular complexity index is 645. The summed E-state index contributed by atoms with van der Waals surface area (Å²) < 4.78 is 11.6. The first-order valence-corrected chi connectivity index (χ1v) is 10.2. The highest BCUT2D eigenvalue weighted by molar-refractivity contribution is 5.34. The highest BCUT2D eigenvalue weighted by Gasteiger charge is 2.17. The maximum absolute atomic E-state index is 5.80. The quantitative estimate of drug-likeness (QED) is 0.697. The lowest BCUT2D eigenvalue weighted by Crippen LogP contribution is -2.30. The van der Waals surface area contributed by atoms with Crippen LogP contribution in [0.5, 0.6) is 11.5 Å². The van der Waals surface area contributed by atoms with Crippen molar-refractivity contribution in [2.75, 3.05) is 39.4 Å². The van der Waals surface area contributed by atoms with E-state index < -0.39 is 0 Å². The third-order valence-electron chi connectivity index (χ3n) is 5.01. The van der Waals surface area contributed by atoms with Crippen LogP contribution >= 0.6 is 0 Å². The number of ether oxygens (including phenoxy) is 2. The first-order valence-electron chi connectivity index (χ1n) is 10.2.